The number of hydrogen-bond donors (Lipinski definition) is 1. The van der Waals surface area contributed by atoms with Crippen molar-refractivity contribution in [3.05, 3.63) is 33.4 Å². The molecule has 0 saturated carbocycles. The summed E-state index contributed by atoms with van der Waals surface area (Å²) in [6.07, 6.45) is 1.13. The molecule has 0 spiro atoms. The fourth-order valence-electron chi connectivity index (χ4n) is 2.57. The molecule has 8 heteroatoms. The molecule has 0 aromatic heterocycles. The van der Waals surface area contributed by atoms with Crippen LogP contribution in [0.3, 0.4) is 0 Å². The Labute approximate surface area is 123 Å². The minimum absolute atomic E-state index is 0.00922. The molecular weight excluding hydrogens is 294 g/mol. The third-order valence-electron chi connectivity index (χ3n) is 3.81. The van der Waals surface area contributed by atoms with Gasteiger partial charge in [0.1, 0.15) is 0 Å². The fourth-order valence-corrected chi connectivity index (χ4v) is 4.47. The summed E-state index contributed by atoms with van der Waals surface area (Å²) in [7, 11) is -3.88. The molecule has 2 N–H and O–H groups in total. The van der Waals surface area contributed by atoms with E-state index >= 15 is 0 Å². The molecule has 1 aromatic rings. The first-order chi connectivity index (χ1) is 9.75. The molecule has 0 radical (unpaired) electrons. The maximum Gasteiger partial charge on any atom is 0.292 e. The Morgan fingerprint density at radius 3 is 2.29 bits per heavy atom. The number of nitrogens with zero attached hydrogens (tertiary/aromatic N) is 2. The van der Waals surface area contributed by atoms with Gasteiger partial charge in [0.05, 0.1) is 4.92 Å². The van der Waals surface area contributed by atoms with Crippen LogP contribution in [-0.2, 0) is 10.0 Å². The number of nitro benzene ring substituents is 1. The van der Waals surface area contributed by atoms with Crippen molar-refractivity contribution in [3.63, 3.8) is 0 Å². The number of aryl methyl sites for hydroxylation is 2. The summed E-state index contributed by atoms with van der Waals surface area (Å²) < 4.78 is 26.8. The van der Waals surface area contributed by atoms with Gasteiger partial charge in [0, 0.05) is 24.7 Å². The summed E-state index contributed by atoms with van der Waals surface area (Å²) in [6, 6.07) is 3.16. The summed E-state index contributed by atoms with van der Waals surface area (Å²) in [4.78, 5) is 10.5. The molecule has 0 bridgehead atoms. The van der Waals surface area contributed by atoms with E-state index in [0.29, 0.717) is 37.1 Å². The Kier molecular flexibility index (Phi) is 4.31. The second-order valence-electron chi connectivity index (χ2n) is 5.38. The zero-order valence-corrected chi connectivity index (χ0v) is 12.9. The minimum atomic E-state index is -3.88. The second kappa shape index (κ2) is 5.70. The van der Waals surface area contributed by atoms with Gasteiger partial charge in [-0.2, -0.15) is 4.31 Å². The molecule has 0 unspecified atom stereocenters. The second-order valence-corrected chi connectivity index (χ2v) is 7.25. The summed E-state index contributed by atoms with van der Waals surface area (Å²) in [5.41, 5.74) is 6.19. The van der Waals surface area contributed by atoms with Crippen LogP contribution in [0.15, 0.2) is 17.0 Å². The normalized spacial score (nSPS) is 17.9. The van der Waals surface area contributed by atoms with Gasteiger partial charge < -0.3 is 5.73 Å². The zero-order valence-electron chi connectivity index (χ0n) is 12.1. The van der Waals surface area contributed by atoms with Crippen LogP contribution in [0.2, 0.25) is 0 Å². The van der Waals surface area contributed by atoms with E-state index in [9.17, 15) is 18.5 Å². The lowest BCUT2D eigenvalue weighted by Crippen LogP contribution is -2.43. The van der Waals surface area contributed by atoms with Crippen LogP contribution in [0.5, 0.6) is 0 Å². The predicted octanol–water partition coefficient (Wildman–Crippen LogP) is 1.32. The zero-order chi connectivity index (χ0) is 15.8. The van der Waals surface area contributed by atoms with E-state index < -0.39 is 14.9 Å². The van der Waals surface area contributed by atoms with E-state index in [1.807, 2.05) is 0 Å². The van der Waals surface area contributed by atoms with Gasteiger partial charge >= 0.3 is 0 Å². The van der Waals surface area contributed by atoms with Gasteiger partial charge in [0.25, 0.3) is 5.69 Å². The first-order valence-corrected chi connectivity index (χ1v) is 8.19. The van der Waals surface area contributed by atoms with Crippen LogP contribution < -0.4 is 5.73 Å². The highest BCUT2D eigenvalue weighted by Crippen LogP contribution is 2.33. The highest BCUT2D eigenvalue weighted by Gasteiger charge is 2.36. The fraction of sp³-hybridized carbons (Fsp3) is 0.538. The highest BCUT2D eigenvalue weighted by atomic mass is 32.2. The topological polar surface area (TPSA) is 107 Å². The monoisotopic (exact) mass is 313 g/mol. The van der Waals surface area contributed by atoms with E-state index in [1.165, 1.54) is 4.31 Å². The van der Waals surface area contributed by atoms with Crippen LogP contribution in [-0.4, -0.2) is 36.8 Å². The number of rotatable bonds is 3. The average Bonchev–Trinajstić information content (AvgIpc) is 2.41. The van der Waals surface area contributed by atoms with E-state index in [2.05, 4.69) is 0 Å². The van der Waals surface area contributed by atoms with E-state index in [1.54, 1.807) is 26.0 Å². The molecule has 1 fully saturated rings. The first kappa shape index (κ1) is 15.9. The van der Waals surface area contributed by atoms with Crippen molar-refractivity contribution in [1.29, 1.82) is 0 Å². The minimum Gasteiger partial charge on any atom is -0.328 e. The molecule has 21 heavy (non-hydrogen) atoms. The largest absolute Gasteiger partial charge is 0.328 e. The van der Waals surface area contributed by atoms with Crippen molar-refractivity contribution in [3.8, 4) is 0 Å². The predicted molar refractivity (Wildman–Crippen MR) is 78.5 cm³/mol. The van der Waals surface area contributed by atoms with Gasteiger partial charge in [-0.25, -0.2) is 8.42 Å². The first-order valence-electron chi connectivity index (χ1n) is 6.75. The molecule has 116 valence electrons. The van der Waals surface area contributed by atoms with Crippen molar-refractivity contribution < 1.29 is 13.3 Å². The van der Waals surface area contributed by atoms with Gasteiger partial charge in [0.2, 0.25) is 10.0 Å². The maximum absolute atomic E-state index is 12.8. The highest BCUT2D eigenvalue weighted by molar-refractivity contribution is 7.89. The molecule has 1 saturated heterocycles. The smallest absolute Gasteiger partial charge is 0.292 e. The van der Waals surface area contributed by atoms with Crippen molar-refractivity contribution >= 4 is 15.7 Å². The summed E-state index contributed by atoms with van der Waals surface area (Å²) in [5.74, 6) is 0. The van der Waals surface area contributed by atoms with E-state index in [0.717, 1.165) is 0 Å². The number of nitro groups is 1. The molecule has 7 nitrogen and oxygen atoms in total. The summed E-state index contributed by atoms with van der Waals surface area (Å²) >= 11 is 0. The molecule has 2 rings (SSSR count). The number of benzene rings is 1. The Morgan fingerprint density at radius 2 is 1.76 bits per heavy atom. The van der Waals surface area contributed by atoms with Crippen LogP contribution in [0.25, 0.3) is 0 Å². The lowest BCUT2D eigenvalue weighted by molar-refractivity contribution is -0.388. The third-order valence-corrected chi connectivity index (χ3v) is 5.89. The summed E-state index contributed by atoms with van der Waals surface area (Å²) in [6.45, 7) is 3.72. The number of nitrogens with two attached hydrogens (primary N) is 1. The molecule has 0 atom stereocenters. The van der Waals surface area contributed by atoms with Gasteiger partial charge in [-0.3, -0.25) is 10.1 Å². The van der Waals surface area contributed by atoms with Crippen LogP contribution in [0, 0.1) is 24.0 Å². The van der Waals surface area contributed by atoms with Crippen molar-refractivity contribution in [2.75, 3.05) is 13.1 Å². The lowest BCUT2D eigenvalue weighted by atomic mass is 10.1. The average molecular weight is 313 g/mol. The van der Waals surface area contributed by atoms with Crippen molar-refractivity contribution in [2.24, 2.45) is 5.73 Å². The molecular formula is C13H19N3O4S. The van der Waals surface area contributed by atoms with Gasteiger partial charge in [-0.15, -0.1) is 0 Å². The van der Waals surface area contributed by atoms with E-state index in [4.69, 9.17) is 5.73 Å². The molecule has 1 aromatic carbocycles. The maximum atomic E-state index is 12.8. The van der Waals surface area contributed by atoms with Crippen LogP contribution in [0.4, 0.5) is 5.69 Å². The summed E-state index contributed by atoms with van der Waals surface area (Å²) in [5, 5.41) is 11.3. The molecule has 1 heterocycles. The SMILES string of the molecule is Cc1ccc(C)c(S(=O)(=O)N2CCC(N)CC2)c1[N+](=O)[O-]. The van der Waals surface area contributed by atoms with Crippen LogP contribution >= 0.6 is 0 Å². The van der Waals surface area contributed by atoms with Gasteiger partial charge in [0.15, 0.2) is 4.90 Å². The lowest BCUT2D eigenvalue weighted by Gasteiger charge is -2.29. The number of piperidine rings is 1. The standard InChI is InChI=1S/C13H19N3O4S/c1-9-3-4-10(2)13(12(9)16(17)18)21(19,20)15-7-5-11(14)6-8-15/h3-4,11H,5-8,14H2,1-2H3. The van der Waals surface area contributed by atoms with Gasteiger partial charge in [-0.05, 0) is 32.3 Å². The Morgan fingerprint density at radius 1 is 1.24 bits per heavy atom. The number of sulfonamides is 1. The number of hydrogen-bond acceptors (Lipinski definition) is 5. The Bertz CT molecular complexity index is 664. The van der Waals surface area contributed by atoms with E-state index in [-0.39, 0.29) is 16.6 Å². The molecule has 0 aliphatic carbocycles. The van der Waals surface area contributed by atoms with Gasteiger partial charge in [-0.1, -0.05) is 12.1 Å². The molecule has 1 aliphatic rings. The molecule has 0 amide bonds. The Balaban J connectivity index is 2.55. The Hall–Kier alpha value is -1.51. The third kappa shape index (κ3) is 2.92. The van der Waals surface area contributed by atoms with Crippen molar-refractivity contribution in [1.82, 2.24) is 4.31 Å². The molecule has 1 aliphatic heterocycles. The van der Waals surface area contributed by atoms with Crippen LogP contribution in [0.1, 0.15) is 24.0 Å². The van der Waals surface area contributed by atoms with Crippen molar-refractivity contribution in [2.45, 2.75) is 37.6 Å². The quantitative estimate of drug-likeness (QED) is 0.669.